The average molecular weight is 401 g/mol. The maximum Gasteiger partial charge on any atom is 0.156 e. The van der Waals surface area contributed by atoms with E-state index in [1.165, 1.54) is 5.56 Å². The van der Waals surface area contributed by atoms with Gasteiger partial charge in [0.2, 0.25) is 0 Å². The van der Waals surface area contributed by atoms with Gasteiger partial charge in [-0.15, -0.1) is 11.6 Å². The Balaban J connectivity index is 2.05. The molecule has 25 heavy (non-hydrogen) atoms. The number of halogens is 3. The highest BCUT2D eigenvalue weighted by molar-refractivity contribution is 6.37. The molecule has 0 spiro atoms. The van der Waals surface area contributed by atoms with Crippen LogP contribution in [-0.2, 0) is 6.42 Å². The van der Waals surface area contributed by atoms with Gasteiger partial charge >= 0.3 is 0 Å². The summed E-state index contributed by atoms with van der Waals surface area (Å²) in [6, 6.07) is 10.2. The fourth-order valence-corrected chi connectivity index (χ4v) is 4.06. The molecule has 3 nitrogen and oxygen atoms in total. The Bertz CT molecular complexity index is 749. The van der Waals surface area contributed by atoms with Crippen molar-refractivity contribution in [1.82, 2.24) is 4.90 Å². The molecular weight excluding hydrogens is 381 g/mol. The van der Waals surface area contributed by atoms with E-state index in [2.05, 4.69) is 24.1 Å². The highest BCUT2D eigenvalue weighted by Crippen LogP contribution is 2.44. The summed E-state index contributed by atoms with van der Waals surface area (Å²) in [6.45, 7) is 1.28. The Kier molecular flexibility index (Phi) is 6.00. The molecule has 1 aliphatic heterocycles. The number of rotatable bonds is 5. The zero-order valence-corrected chi connectivity index (χ0v) is 16.5. The fraction of sp³-hybridized carbons (Fsp3) is 0.368. The van der Waals surface area contributed by atoms with Crippen LogP contribution in [-0.4, -0.2) is 38.1 Å². The van der Waals surface area contributed by atoms with Gasteiger partial charge in [-0.25, -0.2) is 0 Å². The molecule has 1 heterocycles. The van der Waals surface area contributed by atoms with Crippen molar-refractivity contribution in [2.24, 2.45) is 0 Å². The number of benzene rings is 2. The molecule has 3 rings (SSSR count). The largest absolute Gasteiger partial charge is 0.497 e. The summed E-state index contributed by atoms with van der Waals surface area (Å²) >= 11 is 18.8. The van der Waals surface area contributed by atoms with Crippen molar-refractivity contribution in [2.75, 3.05) is 33.2 Å². The lowest BCUT2D eigenvalue weighted by Gasteiger charge is -2.36. The second-order valence-electron chi connectivity index (χ2n) is 6.01. The topological polar surface area (TPSA) is 21.7 Å². The standard InChI is InChI=1S/C19H20Cl3NO2/c1-23-9-7-14-15(11-16(21)19(17(14)22)25-10-8-20)18(23)12-3-5-13(24-2)6-4-12/h3-6,11,18H,7-10H2,1-2H3. The quantitative estimate of drug-likeness (QED) is 0.644. The first-order chi connectivity index (χ1) is 12.1. The summed E-state index contributed by atoms with van der Waals surface area (Å²) in [4.78, 5) is 2.30. The molecule has 2 aromatic carbocycles. The summed E-state index contributed by atoms with van der Waals surface area (Å²) in [5.41, 5.74) is 3.38. The van der Waals surface area contributed by atoms with E-state index in [0.29, 0.717) is 28.3 Å². The van der Waals surface area contributed by atoms with Crippen molar-refractivity contribution in [1.29, 1.82) is 0 Å². The van der Waals surface area contributed by atoms with Crippen LogP contribution in [0.1, 0.15) is 22.7 Å². The van der Waals surface area contributed by atoms with Crippen LogP contribution in [0.2, 0.25) is 10.0 Å². The van der Waals surface area contributed by atoms with Crippen molar-refractivity contribution in [3.8, 4) is 11.5 Å². The van der Waals surface area contributed by atoms with Gasteiger partial charge in [-0.1, -0.05) is 35.3 Å². The van der Waals surface area contributed by atoms with E-state index in [1.807, 2.05) is 18.2 Å². The van der Waals surface area contributed by atoms with Crippen molar-refractivity contribution >= 4 is 34.8 Å². The van der Waals surface area contributed by atoms with E-state index in [0.717, 1.165) is 29.8 Å². The minimum atomic E-state index is 0.0896. The number of alkyl halides is 1. The van der Waals surface area contributed by atoms with Crippen LogP contribution in [0.5, 0.6) is 11.5 Å². The summed E-state index contributed by atoms with van der Waals surface area (Å²) in [5, 5.41) is 1.11. The van der Waals surface area contributed by atoms with E-state index in [-0.39, 0.29) is 6.04 Å². The maximum absolute atomic E-state index is 6.62. The fourth-order valence-electron chi connectivity index (χ4n) is 3.30. The number of nitrogens with zero attached hydrogens (tertiary/aromatic N) is 1. The first-order valence-corrected chi connectivity index (χ1v) is 9.39. The number of methoxy groups -OCH3 is 1. The molecule has 134 valence electrons. The van der Waals surface area contributed by atoms with E-state index in [4.69, 9.17) is 44.3 Å². The van der Waals surface area contributed by atoms with Gasteiger partial charge in [0.1, 0.15) is 12.4 Å². The first kappa shape index (κ1) is 18.7. The molecule has 0 bridgehead atoms. The van der Waals surface area contributed by atoms with Crippen molar-refractivity contribution in [3.05, 3.63) is 57.1 Å². The van der Waals surface area contributed by atoms with Crippen LogP contribution in [0, 0.1) is 0 Å². The lowest BCUT2D eigenvalue weighted by molar-refractivity contribution is 0.263. The maximum atomic E-state index is 6.62. The van der Waals surface area contributed by atoms with Crippen LogP contribution in [0.25, 0.3) is 0 Å². The summed E-state index contributed by atoms with van der Waals surface area (Å²) in [6.07, 6.45) is 0.853. The minimum absolute atomic E-state index is 0.0896. The molecule has 6 heteroatoms. The molecule has 0 saturated carbocycles. The first-order valence-electron chi connectivity index (χ1n) is 8.10. The van der Waals surface area contributed by atoms with Crippen LogP contribution in [0.3, 0.4) is 0 Å². The number of likely N-dealkylation sites (N-methyl/N-ethyl adjacent to an activating group) is 1. The van der Waals surface area contributed by atoms with E-state index < -0.39 is 0 Å². The van der Waals surface area contributed by atoms with Crippen LogP contribution in [0.15, 0.2) is 30.3 Å². The van der Waals surface area contributed by atoms with Crippen LogP contribution in [0.4, 0.5) is 0 Å². The molecule has 0 aromatic heterocycles. The molecule has 1 unspecified atom stereocenters. The van der Waals surface area contributed by atoms with Gasteiger partial charge in [0.15, 0.2) is 5.75 Å². The van der Waals surface area contributed by atoms with E-state index in [9.17, 15) is 0 Å². The molecule has 0 saturated heterocycles. The zero-order valence-electron chi connectivity index (χ0n) is 14.2. The molecule has 0 N–H and O–H groups in total. The third-order valence-corrected chi connectivity index (χ3v) is 5.35. The van der Waals surface area contributed by atoms with Crippen molar-refractivity contribution in [2.45, 2.75) is 12.5 Å². The Morgan fingerprint density at radius 2 is 1.92 bits per heavy atom. The molecule has 0 amide bonds. The SMILES string of the molecule is COc1ccc(C2c3cc(Cl)c(OCCCl)c(Cl)c3CCN2C)cc1. The third-order valence-electron chi connectivity index (χ3n) is 4.52. The van der Waals surface area contributed by atoms with Crippen LogP contribution < -0.4 is 9.47 Å². The van der Waals surface area contributed by atoms with Gasteiger partial charge in [-0.3, -0.25) is 4.90 Å². The number of ether oxygens (including phenoxy) is 2. The highest BCUT2D eigenvalue weighted by Gasteiger charge is 2.30. The second kappa shape index (κ2) is 8.05. The summed E-state index contributed by atoms with van der Waals surface area (Å²) in [7, 11) is 3.77. The molecule has 0 radical (unpaired) electrons. The van der Waals surface area contributed by atoms with Crippen molar-refractivity contribution < 1.29 is 9.47 Å². The zero-order chi connectivity index (χ0) is 18.0. The smallest absolute Gasteiger partial charge is 0.156 e. The Morgan fingerprint density at radius 3 is 2.56 bits per heavy atom. The Labute approximate surface area is 163 Å². The monoisotopic (exact) mass is 399 g/mol. The van der Waals surface area contributed by atoms with Gasteiger partial charge in [0.05, 0.1) is 29.1 Å². The predicted octanol–water partition coefficient (Wildman–Crippen LogP) is 5.20. The van der Waals surface area contributed by atoms with Gasteiger partial charge in [0, 0.05) is 6.54 Å². The molecule has 1 atom stereocenters. The normalized spacial score (nSPS) is 17.2. The number of hydrogen-bond donors (Lipinski definition) is 0. The predicted molar refractivity (Wildman–Crippen MR) is 104 cm³/mol. The summed E-state index contributed by atoms with van der Waals surface area (Å²) < 4.78 is 10.9. The van der Waals surface area contributed by atoms with Crippen molar-refractivity contribution in [3.63, 3.8) is 0 Å². The molecule has 2 aromatic rings. The van der Waals surface area contributed by atoms with E-state index in [1.54, 1.807) is 7.11 Å². The Morgan fingerprint density at radius 1 is 1.20 bits per heavy atom. The van der Waals surface area contributed by atoms with Gasteiger partial charge in [0.25, 0.3) is 0 Å². The number of hydrogen-bond acceptors (Lipinski definition) is 3. The molecule has 1 aliphatic rings. The third kappa shape index (κ3) is 3.70. The Hall–Kier alpha value is -1.13. The van der Waals surface area contributed by atoms with Gasteiger partial charge in [-0.05, 0) is 48.4 Å². The molecule has 0 aliphatic carbocycles. The molecule has 0 fully saturated rings. The average Bonchev–Trinajstić information content (AvgIpc) is 2.61. The van der Waals surface area contributed by atoms with Crippen LogP contribution >= 0.6 is 34.8 Å². The van der Waals surface area contributed by atoms with E-state index >= 15 is 0 Å². The highest BCUT2D eigenvalue weighted by atomic mass is 35.5. The lowest BCUT2D eigenvalue weighted by atomic mass is 9.88. The minimum Gasteiger partial charge on any atom is -0.497 e. The number of fused-ring (bicyclic) bond motifs is 1. The van der Waals surface area contributed by atoms with Gasteiger partial charge in [-0.2, -0.15) is 0 Å². The lowest BCUT2D eigenvalue weighted by Crippen LogP contribution is -2.33. The molecular formula is C19H20Cl3NO2. The summed E-state index contributed by atoms with van der Waals surface area (Å²) in [5.74, 6) is 1.75. The van der Waals surface area contributed by atoms with Gasteiger partial charge < -0.3 is 9.47 Å². The second-order valence-corrected chi connectivity index (χ2v) is 7.18.